The van der Waals surface area contributed by atoms with E-state index < -0.39 is 17.6 Å². The summed E-state index contributed by atoms with van der Waals surface area (Å²) in [6, 6.07) is 10.4. The Morgan fingerprint density at radius 3 is 2.12 bits per heavy atom. The summed E-state index contributed by atoms with van der Waals surface area (Å²) in [6.45, 7) is 5.03. The fraction of sp³-hybridized carbons (Fsp3) is 0.348. The highest BCUT2D eigenvalue weighted by atomic mass is 19.4. The normalized spacial score (nSPS) is 11.0. The van der Waals surface area contributed by atoms with Crippen molar-refractivity contribution in [2.24, 2.45) is 0 Å². The zero-order valence-corrected chi connectivity index (χ0v) is 18.0. The Hall–Kier alpha value is -3.36. The van der Waals surface area contributed by atoms with Gasteiger partial charge < -0.3 is 15.5 Å². The maximum absolute atomic E-state index is 12.8. The van der Waals surface area contributed by atoms with Gasteiger partial charge in [0.2, 0.25) is 11.8 Å². The third kappa shape index (κ3) is 7.40. The van der Waals surface area contributed by atoms with Gasteiger partial charge in [-0.2, -0.15) is 13.2 Å². The molecule has 0 bridgehead atoms. The number of anilines is 2. The van der Waals surface area contributed by atoms with E-state index in [1.165, 1.54) is 24.3 Å². The molecule has 0 aliphatic carbocycles. The van der Waals surface area contributed by atoms with E-state index in [1.807, 2.05) is 13.8 Å². The number of carbonyl (C=O) groups is 3. The molecular formula is C23H26F3N3O3. The molecule has 0 aliphatic heterocycles. The molecule has 0 unspecified atom stereocenters. The minimum atomic E-state index is -4.51. The van der Waals surface area contributed by atoms with Gasteiger partial charge in [0.05, 0.1) is 5.56 Å². The molecule has 0 fully saturated rings. The van der Waals surface area contributed by atoms with Crippen molar-refractivity contribution in [3.8, 4) is 0 Å². The van der Waals surface area contributed by atoms with Crippen molar-refractivity contribution in [3.63, 3.8) is 0 Å². The molecule has 6 nitrogen and oxygen atoms in total. The van der Waals surface area contributed by atoms with Crippen LogP contribution >= 0.6 is 0 Å². The summed E-state index contributed by atoms with van der Waals surface area (Å²) in [5, 5.41) is 5.09. The molecule has 0 saturated heterocycles. The Morgan fingerprint density at radius 1 is 0.875 bits per heavy atom. The van der Waals surface area contributed by atoms with Crippen LogP contribution in [0.1, 0.15) is 49.0 Å². The summed E-state index contributed by atoms with van der Waals surface area (Å²) in [6.07, 6.45) is -3.69. The van der Waals surface area contributed by atoms with Crippen LogP contribution in [0.2, 0.25) is 0 Å². The number of rotatable bonds is 9. The van der Waals surface area contributed by atoms with Crippen molar-refractivity contribution >= 4 is 29.1 Å². The molecule has 2 aromatic rings. The van der Waals surface area contributed by atoms with Gasteiger partial charge in [-0.25, -0.2) is 0 Å². The fourth-order valence-electron chi connectivity index (χ4n) is 3.07. The molecule has 0 atom stereocenters. The van der Waals surface area contributed by atoms with Crippen LogP contribution in [0.4, 0.5) is 24.5 Å². The lowest BCUT2D eigenvalue weighted by atomic mass is 10.1. The maximum Gasteiger partial charge on any atom is 0.416 e. The molecule has 0 radical (unpaired) electrons. The van der Waals surface area contributed by atoms with E-state index in [4.69, 9.17) is 0 Å². The topological polar surface area (TPSA) is 78.5 Å². The number of halogens is 3. The van der Waals surface area contributed by atoms with Crippen molar-refractivity contribution in [2.45, 2.75) is 39.3 Å². The predicted molar refractivity (Wildman–Crippen MR) is 116 cm³/mol. The van der Waals surface area contributed by atoms with Crippen LogP contribution in [0.25, 0.3) is 0 Å². The third-order valence-corrected chi connectivity index (χ3v) is 4.77. The molecule has 0 heterocycles. The molecule has 0 aliphatic rings. The molecule has 172 valence electrons. The highest BCUT2D eigenvalue weighted by molar-refractivity contribution is 6.05. The van der Waals surface area contributed by atoms with Crippen LogP contribution in [-0.4, -0.2) is 35.7 Å². The van der Waals surface area contributed by atoms with Crippen LogP contribution in [0.5, 0.6) is 0 Å². The summed E-state index contributed by atoms with van der Waals surface area (Å²) in [5.41, 5.74) is -0.299. The fourth-order valence-corrected chi connectivity index (χ4v) is 3.07. The zero-order valence-electron chi connectivity index (χ0n) is 18.0. The largest absolute Gasteiger partial charge is 0.416 e. The first-order valence-corrected chi connectivity index (χ1v) is 10.3. The van der Waals surface area contributed by atoms with Crippen molar-refractivity contribution in [1.29, 1.82) is 0 Å². The smallest absolute Gasteiger partial charge is 0.343 e. The Morgan fingerprint density at radius 2 is 1.50 bits per heavy atom. The SMILES string of the molecule is CCN(CC)C(=O)CCCC(=O)Nc1cccc(C(=O)Nc2cccc(C(F)(F)F)c2)c1. The van der Waals surface area contributed by atoms with E-state index in [0.29, 0.717) is 25.2 Å². The first kappa shape index (κ1) is 24.9. The number of hydrogen-bond acceptors (Lipinski definition) is 3. The number of amides is 3. The lowest BCUT2D eigenvalue weighted by Crippen LogP contribution is -2.30. The molecule has 32 heavy (non-hydrogen) atoms. The summed E-state index contributed by atoms with van der Waals surface area (Å²) >= 11 is 0. The number of alkyl halides is 3. The van der Waals surface area contributed by atoms with E-state index in [2.05, 4.69) is 10.6 Å². The second-order valence-electron chi connectivity index (χ2n) is 7.08. The van der Waals surface area contributed by atoms with Gasteiger partial charge in [-0.3, -0.25) is 14.4 Å². The van der Waals surface area contributed by atoms with Crippen LogP contribution in [0.3, 0.4) is 0 Å². The summed E-state index contributed by atoms with van der Waals surface area (Å²) < 4.78 is 38.5. The lowest BCUT2D eigenvalue weighted by molar-refractivity contribution is -0.137. The number of hydrogen-bond donors (Lipinski definition) is 2. The quantitative estimate of drug-likeness (QED) is 0.570. The minimum absolute atomic E-state index is 0.00365. The van der Waals surface area contributed by atoms with E-state index >= 15 is 0 Å². The number of nitrogens with one attached hydrogen (secondary N) is 2. The number of carbonyl (C=O) groups excluding carboxylic acids is 3. The van der Waals surface area contributed by atoms with Crippen LogP contribution < -0.4 is 10.6 Å². The van der Waals surface area contributed by atoms with Gasteiger partial charge in [0.25, 0.3) is 5.91 Å². The van der Waals surface area contributed by atoms with Gasteiger partial charge in [-0.05, 0) is 56.7 Å². The predicted octanol–water partition coefficient (Wildman–Crippen LogP) is 4.93. The van der Waals surface area contributed by atoms with Gasteiger partial charge in [0.1, 0.15) is 0 Å². The molecule has 2 N–H and O–H groups in total. The van der Waals surface area contributed by atoms with Gasteiger partial charge in [0, 0.05) is 42.9 Å². The molecule has 0 aromatic heterocycles. The van der Waals surface area contributed by atoms with E-state index in [-0.39, 0.29) is 35.9 Å². The molecule has 2 aromatic carbocycles. The van der Waals surface area contributed by atoms with Gasteiger partial charge >= 0.3 is 6.18 Å². The van der Waals surface area contributed by atoms with Gasteiger partial charge in [-0.1, -0.05) is 12.1 Å². The Bertz CT molecular complexity index is 957. The molecule has 0 saturated carbocycles. The highest BCUT2D eigenvalue weighted by Gasteiger charge is 2.30. The van der Waals surface area contributed by atoms with Gasteiger partial charge in [0.15, 0.2) is 0 Å². The molecule has 2 rings (SSSR count). The second kappa shape index (κ2) is 11.3. The van der Waals surface area contributed by atoms with E-state index in [1.54, 1.807) is 17.0 Å². The summed E-state index contributed by atoms with van der Waals surface area (Å²) in [5.74, 6) is -0.908. The van der Waals surface area contributed by atoms with Crippen molar-refractivity contribution in [2.75, 3.05) is 23.7 Å². The standard InChI is InChI=1S/C23H26F3N3O3/c1-3-29(4-2)21(31)13-7-12-20(30)27-18-10-5-8-16(14-18)22(32)28-19-11-6-9-17(15-19)23(24,25)26/h5-6,8-11,14-15H,3-4,7,12-13H2,1-2H3,(H,27,30)(H,28,32). The Kier molecular flexibility index (Phi) is 8.80. The van der Waals surface area contributed by atoms with E-state index in [0.717, 1.165) is 12.1 Å². The first-order chi connectivity index (χ1) is 15.1. The van der Waals surface area contributed by atoms with Gasteiger partial charge in [-0.15, -0.1) is 0 Å². The molecule has 9 heteroatoms. The van der Waals surface area contributed by atoms with Crippen LogP contribution in [0, 0.1) is 0 Å². The molecule has 3 amide bonds. The number of nitrogens with zero attached hydrogens (tertiary/aromatic N) is 1. The maximum atomic E-state index is 12.8. The van der Waals surface area contributed by atoms with Crippen molar-refractivity contribution in [3.05, 3.63) is 59.7 Å². The molecule has 0 spiro atoms. The Labute approximate surface area is 184 Å². The first-order valence-electron chi connectivity index (χ1n) is 10.3. The Balaban J connectivity index is 1.93. The summed E-state index contributed by atoms with van der Waals surface area (Å²) in [4.78, 5) is 38.3. The zero-order chi connectivity index (χ0) is 23.7. The average Bonchev–Trinajstić information content (AvgIpc) is 2.74. The average molecular weight is 449 g/mol. The summed E-state index contributed by atoms with van der Waals surface area (Å²) in [7, 11) is 0. The van der Waals surface area contributed by atoms with Crippen LogP contribution in [-0.2, 0) is 15.8 Å². The lowest BCUT2D eigenvalue weighted by Gasteiger charge is -2.18. The van der Waals surface area contributed by atoms with Crippen molar-refractivity contribution in [1.82, 2.24) is 4.90 Å². The monoisotopic (exact) mass is 449 g/mol. The second-order valence-corrected chi connectivity index (χ2v) is 7.08. The van der Waals surface area contributed by atoms with E-state index in [9.17, 15) is 27.6 Å². The molecular weight excluding hydrogens is 423 g/mol. The highest BCUT2D eigenvalue weighted by Crippen LogP contribution is 2.30. The van der Waals surface area contributed by atoms with Crippen LogP contribution in [0.15, 0.2) is 48.5 Å². The third-order valence-electron chi connectivity index (χ3n) is 4.77. The minimum Gasteiger partial charge on any atom is -0.343 e. The van der Waals surface area contributed by atoms with Crippen molar-refractivity contribution < 1.29 is 27.6 Å². The number of benzene rings is 2.